The Balaban J connectivity index is 2.18. The number of benzene rings is 1. The second-order valence-electron chi connectivity index (χ2n) is 5.00. The molecule has 0 saturated carbocycles. The summed E-state index contributed by atoms with van der Waals surface area (Å²) in [5.74, 6) is -0.964. The fourth-order valence-electron chi connectivity index (χ4n) is 2.11. The average Bonchev–Trinajstić information content (AvgIpc) is 2.89. The third-order valence-electron chi connectivity index (χ3n) is 3.21. The Hall–Kier alpha value is -2.21. The molecule has 0 unspecified atom stereocenters. The normalized spacial score (nSPS) is 10.5. The maximum absolute atomic E-state index is 12.6. The molecule has 6 heteroatoms. The quantitative estimate of drug-likeness (QED) is 0.888. The molecule has 1 aromatic heterocycles. The molecule has 0 spiro atoms. The van der Waals surface area contributed by atoms with E-state index < -0.39 is 5.97 Å². The Morgan fingerprint density at radius 3 is 2.59 bits per heavy atom. The molecule has 0 fully saturated rings. The topological polar surface area (TPSA) is 70.5 Å². The number of hydrogen-bond acceptors (Lipinski definition) is 4. The van der Waals surface area contributed by atoms with Crippen LogP contribution in [0, 0.1) is 6.92 Å². The van der Waals surface area contributed by atoms with Crippen molar-refractivity contribution in [3.05, 3.63) is 40.2 Å². The summed E-state index contributed by atoms with van der Waals surface area (Å²) < 4.78 is 0. The highest BCUT2D eigenvalue weighted by Gasteiger charge is 2.21. The Morgan fingerprint density at radius 1 is 1.27 bits per heavy atom. The monoisotopic (exact) mass is 318 g/mol. The van der Waals surface area contributed by atoms with Crippen molar-refractivity contribution in [2.75, 3.05) is 13.6 Å². The first-order chi connectivity index (χ1) is 10.5. The third kappa shape index (κ3) is 3.92. The number of carbonyl (C=O) groups is 2. The standard InChI is InChI=1S/C16H18N2O3S/c1-11-17-14(12-7-4-3-5-8-12)15(22-11)16(21)18(2)10-6-9-13(19)20/h3-5,7-8H,6,9-10H2,1-2H3,(H,19,20). The van der Waals surface area contributed by atoms with Gasteiger partial charge in [-0.05, 0) is 13.3 Å². The first-order valence-corrected chi connectivity index (χ1v) is 7.81. The van der Waals surface area contributed by atoms with E-state index in [0.717, 1.165) is 10.6 Å². The molecule has 0 aliphatic rings. The second-order valence-corrected chi connectivity index (χ2v) is 6.20. The molecule has 1 aromatic carbocycles. The van der Waals surface area contributed by atoms with E-state index >= 15 is 0 Å². The van der Waals surface area contributed by atoms with Crippen LogP contribution < -0.4 is 0 Å². The molecule has 0 radical (unpaired) electrons. The molecule has 1 heterocycles. The van der Waals surface area contributed by atoms with Crippen LogP contribution in [-0.2, 0) is 4.79 Å². The van der Waals surface area contributed by atoms with Gasteiger partial charge in [0.05, 0.1) is 10.7 Å². The van der Waals surface area contributed by atoms with Gasteiger partial charge < -0.3 is 10.0 Å². The molecule has 0 saturated heterocycles. The van der Waals surface area contributed by atoms with Crippen LogP contribution in [0.1, 0.15) is 27.5 Å². The molecular formula is C16H18N2O3S. The van der Waals surface area contributed by atoms with Gasteiger partial charge >= 0.3 is 5.97 Å². The molecule has 2 rings (SSSR count). The van der Waals surface area contributed by atoms with Crippen LogP contribution in [0.15, 0.2) is 30.3 Å². The highest BCUT2D eigenvalue weighted by molar-refractivity contribution is 7.14. The van der Waals surface area contributed by atoms with Gasteiger partial charge in [-0.3, -0.25) is 9.59 Å². The molecule has 0 atom stereocenters. The van der Waals surface area contributed by atoms with Crippen LogP contribution in [0.4, 0.5) is 0 Å². The second kappa shape index (κ2) is 7.17. The first-order valence-electron chi connectivity index (χ1n) is 6.99. The number of carboxylic acids is 1. The molecule has 1 N–H and O–H groups in total. The molecule has 22 heavy (non-hydrogen) atoms. The highest BCUT2D eigenvalue weighted by atomic mass is 32.1. The average molecular weight is 318 g/mol. The minimum absolute atomic E-state index is 0.0604. The number of aliphatic carboxylic acids is 1. The zero-order chi connectivity index (χ0) is 16.1. The number of rotatable bonds is 6. The van der Waals surface area contributed by atoms with Crippen molar-refractivity contribution in [2.24, 2.45) is 0 Å². The van der Waals surface area contributed by atoms with E-state index in [9.17, 15) is 9.59 Å². The minimum atomic E-state index is -0.848. The van der Waals surface area contributed by atoms with Gasteiger partial charge in [0.25, 0.3) is 5.91 Å². The Labute approximate surface area is 133 Å². The lowest BCUT2D eigenvalue weighted by molar-refractivity contribution is -0.137. The van der Waals surface area contributed by atoms with E-state index in [1.54, 1.807) is 11.9 Å². The van der Waals surface area contributed by atoms with E-state index in [1.165, 1.54) is 11.3 Å². The lowest BCUT2D eigenvalue weighted by Gasteiger charge is -2.16. The molecule has 0 bridgehead atoms. The lowest BCUT2D eigenvalue weighted by Crippen LogP contribution is -2.27. The molecule has 0 aliphatic carbocycles. The van der Waals surface area contributed by atoms with Gasteiger partial charge in [-0.2, -0.15) is 0 Å². The minimum Gasteiger partial charge on any atom is -0.481 e. The summed E-state index contributed by atoms with van der Waals surface area (Å²) in [5.41, 5.74) is 1.60. The third-order valence-corrected chi connectivity index (χ3v) is 4.17. The van der Waals surface area contributed by atoms with Crippen LogP contribution in [0.25, 0.3) is 11.3 Å². The van der Waals surface area contributed by atoms with Gasteiger partial charge in [-0.25, -0.2) is 4.98 Å². The number of nitrogens with zero attached hydrogens (tertiary/aromatic N) is 2. The fraction of sp³-hybridized carbons (Fsp3) is 0.312. The van der Waals surface area contributed by atoms with E-state index in [-0.39, 0.29) is 12.3 Å². The van der Waals surface area contributed by atoms with Gasteiger partial charge in [0.1, 0.15) is 4.88 Å². The number of thiazole rings is 1. The van der Waals surface area contributed by atoms with Crippen molar-refractivity contribution in [1.29, 1.82) is 0 Å². The molecule has 1 amide bonds. The summed E-state index contributed by atoms with van der Waals surface area (Å²) in [6.45, 7) is 2.29. The van der Waals surface area contributed by atoms with Gasteiger partial charge in [0.15, 0.2) is 0 Å². The zero-order valence-corrected chi connectivity index (χ0v) is 13.4. The predicted molar refractivity (Wildman–Crippen MR) is 86.1 cm³/mol. The molecule has 2 aromatic rings. The van der Waals surface area contributed by atoms with Gasteiger partial charge in [0, 0.05) is 25.6 Å². The number of amides is 1. The lowest BCUT2D eigenvalue weighted by atomic mass is 10.1. The number of carboxylic acid groups (broad SMARTS) is 1. The number of hydrogen-bond donors (Lipinski definition) is 1. The van der Waals surface area contributed by atoms with Crippen molar-refractivity contribution in [3.8, 4) is 11.3 Å². The number of carbonyl (C=O) groups excluding carboxylic acids is 1. The van der Waals surface area contributed by atoms with Crippen molar-refractivity contribution in [3.63, 3.8) is 0 Å². The summed E-state index contributed by atoms with van der Waals surface area (Å²) in [4.78, 5) is 29.8. The fourth-order valence-corrected chi connectivity index (χ4v) is 3.04. The maximum atomic E-state index is 12.6. The Bertz CT molecular complexity index is 667. The number of aryl methyl sites for hydroxylation is 1. The summed E-state index contributed by atoms with van der Waals surface area (Å²) in [5, 5.41) is 9.50. The van der Waals surface area contributed by atoms with Gasteiger partial charge in [-0.1, -0.05) is 30.3 Å². The van der Waals surface area contributed by atoms with Gasteiger partial charge in [-0.15, -0.1) is 11.3 Å². The number of aromatic nitrogens is 1. The van der Waals surface area contributed by atoms with E-state index in [2.05, 4.69) is 4.98 Å². The molecule has 5 nitrogen and oxygen atoms in total. The van der Waals surface area contributed by atoms with E-state index in [4.69, 9.17) is 5.11 Å². The van der Waals surface area contributed by atoms with Gasteiger partial charge in [0.2, 0.25) is 0 Å². The molecular weight excluding hydrogens is 300 g/mol. The molecule has 0 aliphatic heterocycles. The van der Waals surface area contributed by atoms with Crippen LogP contribution in [-0.4, -0.2) is 40.5 Å². The smallest absolute Gasteiger partial charge is 0.303 e. The van der Waals surface area contributed by atoms with Crippen LogP contribution in [0.3, 0.4) is 0 Å². The van der Waals surface area contributed by atoms with Crippen molar-refractivity contribution in [2.45, 2.75) is 19.8 Å². The van der Waals surface area contributed by atoms with Crippen molar-refractivity contribution >= 4 is 23.2 Å². The predicted octanol–water partition coefficient (Wildman–Crippen LogP) is 3.06. The summed E-state index contributed by atoms with van der Waals surface area (Å²) in [7, 11) is 1.69. The summed E-state index contributed by atoms with van der Waals surface area (Å²) >= 11 is 1.37. The maximum Gasteiger partial charge on any atom is 0.303 e. The Kier molecular flexibility index (Phi) is 5.27. The first kappa shape index (κ1) is 16.2. The Morgan fingerprint density at radius 2 is 1.95 bits per heavy atom. The highest BCUT2D eigenvalue weighted by Crippen LogP contribution is 2.28. The van der Waals surface area contributed by atoms with Crippen LogP contribution in [0.5, 0.6) is 0 Å². The summed E-state index contributed by atoms with van der Waals surface area (Å²) in [6, 6.07) is 9.59. The molecule has 116 valence electrons. The zero-order valence-electron chi connectivity index (χ0n) is 12.6. The van der Waals surface area contributed by atoms with Crippen LogP contribution >= 0.6 is 11.3 Å². The SMILES string of the molecule is Cc1nc(-c2ccccc2)c(C(=O)N(C)CCCC(=O)O)s1. The van der Waals surface area contributed by atoms with E-state index in [1.807, 2.05) is 37.3 Å². The summed E-state index contributed by atoms with van der Waals surface area (Å²) in [6.07, 6.45) is 0.501. The van der Waals surface area contributed by atoms with Crippen LogP contribution in [0.2, 0.25) is 0 Å². The largest absolute Gasteiger partial charge is 0.481 e. The van der Waals surface area contributed by atoms with Crippen molar-refractivity contribution < 1.29 is 14.7 Å². The van der Waals surface area contributed by atoms with E-state index in [0.29, 0.717) is 23.5 Å². The van der Waals surface area contributed by atoms with Crippen molar-refractivity contribution in [1.82, 2.24) is 9.88 Å².